The van der Waals surface area contributed by atoms with Gasteiger partial charge in [-0.05, 0) is 38.0 Å². The highest BCUT2D eigenvalue weighted by Gasteiger charge is 2.77. The van der Waals surface area contributed by atoms with Crippen LogP contribution in [0.5, 0.6) is 0 Å². The largest absolute Gasteiger partial charge is 0.443 e. The first-order chi connectivity index (χ1) is 12.6. The van der Waals surface area contributed by atoms with E-state index in [1.54, 1.807) is 6.92 Å². The molecule has 5 fully saturated rings. The molecule has 0 N–H and O–H groups in total. The van der Waals surface area contributed by atoms with Gasteiger partial charge in [0.25, 0.3) is 5.79 Å². The zero-order valence-electron chi connectivity index (χ0n) is 15.9. The summed E-state index contributed by atoms with van der Waals surface area (Å²) in [4.78, 5) is 11.5. The minimum atomic E-state index is -4.73. The van der Waals surface area contributed by atoms with Crippen LogP contribution in [0.3, 0.4) is 0 Å². The molecule has 4 aliphatic heterocycles. The monoisotopic (exact) mass is 392 g/mol. The normalized spacial score (nSPS) is 52.1. The van der Waals surface area contributed by atoms with E-state index >= 15 is 0 Å². The summed E-state index contributed by atoms with van der Waals surface area (Å²) in [6.07, 6.45) is -1.96. The van der Waals surface area contributed by atoms with Crippen LogP contribution in [0.15, 0.2) is 12.7 Å². The Kier molecular flexibility index (Phi) is 4.48. The van der Waals surface area contributed by atoms with Crippen LogP contribution in [0.4, 0.5) is 13.2 Å². The topological polar surface area (TPSA) is 46.2 Å². The van der Waals surface area contributed by atoms with Gasteiger partial charge in [-0.15, -0.1) is 6.58 Å². The molecule has 5 aliphatic rings. The molecular formula is C19H27F3O5. The predicted molar refractivity (Wildman–Crippen MR) is 88.0 cm³/mol. The Morgan fingerprint density at radius 3 is 2.52 bits per heavy atom. The standard InChI is InChI=1S/C19H27F3O5/c1-5-10-23-18(19(20,21)22)12(3)14-7-6-11(2)13-8-9-16(4)24-15(25-18)17(13,14)27-26-16/h5,11-15H,1,6-10H2,2-4H3/t11-,12-,13+,14+,15+,16+,17-,18-/m1/s1. The van der Waals surface area contributed by atoms with E-state index < -0.39 is 41.5 Å². The SMILES string of the molecule is C=CCO[C@@]1(C(F)(F)F)O[C@@H]2O[C@]3(C)CC[C@H]4[C@H](C)CC[C@@H]([C@H]1C)[C@@]24OO3. The number of fused-ring (bicyclic) bond motifs is 2. The first-order valence-corrected chi connectivity index (χ1v) is 9.64. The van der Waals surface area contributed by atoms with Crippen molar-refractivity contribution in [3.63, 3.8) is 0 Å². The molecule has 5 rings (SSSR count). The van der Waals surface area contributed by atoms with E-state index in [9.17, 15) is 13.2 Å². The molecule has 8 heteroatoms. The number of ether oxygens (including phenoxy) is 3. The van der Waals surface area contributed by atoms with Gasteiger partial charge in [-0.25, -0.2) is 9.78 Å². The van der Waals surface area contributed by atoms with Crippen molar-refractivity contribution in [2.24, 2.45) is 23.7 Å². The molecular weight excluding hydrogens is 365 g/mol. The second-order valence-electron chi connectivity index (χ2n) is 8.58. The maximum Gasteiger partial charge on any atom is 0.443 e. The van der Waals surface area contributed by atoms with Gasteiger partial charge in [-0.3, -0.25) is 0 Å². The van der Waals surface area contributed by atoms with Crippen LogP contribution in [0, 0.1) is 23.7 Å². The molecule has 0 aromatic carbocycles. The van der Waals surface area contributed by atoms with Crippen LogP contribution < -0.4 is 0 Å². The van der Waals surface area contributed by atoms with Crippen LogP contribution >= 0.6 is 0 Å². The fourth-order valence-electron chi connectivity index (χ4n) is 5.67. The van der Waals surface area contributed by atoms with Gasteiger partial charge in [0.05, 0.1) is 6.61 Å². The summed E-state index contributed by atoms with van der Waals surface area (Å²) in [6.45, 7) is 8.52. The summed E-state index contributed by atoms with van der Waals surface area (Å²) in [5, 5.41) is 0. The molecule has 0 aromatic rings. The van der Waals surface area contributed by atoms with Gasteiger partial charge in [0, 0.05) is 18.3 Å². The summed E-state index contributed by atoms with van der Waals surface area (Å²) in [5.41, 5.74) is -1.06. The Morgan fingerprint density at radius 1 is 1.11 bits per heavy atom. The van der Waals surface area contributed by atoms with E-state index in [0.717, 1.165) is 12.8 Å². The minimum Gasteiger partial charge on any atom is -0.338 e. The lowest BCUT2D eigenvalue weighted by molar-refractivity contribution is -0.598. The lowest BCUT2D eigenvalue weighted by Gasteiger charge is -2.62. The molecule has 0 radical (unpaired) electrons. The molecule has 154 valence electrons. The molecule has 0 amide bonds. The summed E-state index contributed by atoms with van der Waals surface area (Å²) in [5.74, 6) is -5.08. The van der Waals surface area contributed by atoms with E-state index in [-0.39, 0.29) is 18.4 Å². The van der Waals surface area contributed by atoms with Crippen molar-refractivity contribution in [2.45, 2.75) is 76.1 Å². The average molecular weight is 392 g/mol. The molecule has 0 aromatic heterocycles. The molecule has 1 spiro atoms. The Hall–Kier alpha value is -0.670. The van der Waals surface area contributed by atoms with Gasteiger partial charge >= 0.3 is 6.18 Å². The number of hydrogen-bond donors (Lipinski definition) is 0. The quantitative estimate of drug-likeness (QED) is 0.529. The number of alkyl halides is 3. The summed E-state index contributed by atoms with van der Waals surface area (Å²) in [6, 6.07) is 0. The molecule has 2 bridgehead atoms. The molecule has 0 unspecified atom stereocenters. The first-order valence-electron chi connectivity index (χ1n) is 9.64. The molecule has 27 heavy (non-hydrogen) atoms. The summed E-state index contributed by atoms with van der Waals surface area (Å²) < 4.78 is 59.7. The highest BCUT2D eigenvalue weighted by Crippen LogP contribution is 2.64. The number of rotatable bonds is 3. The van der Waals surface area contributed by atoms with Crippen LogP contribution in [0.1, 0.15) is 46.5 Å². The maximum atomic E-state index is 14.3. The number of halogens is 3. The zero-order chi connectivity index (χ0) is 19.7. The smallest absolute Gasteiger partial charge is 0.338 e. The molecule has 1 aliphatic carbocycles. The number of hydrogen-bond acceptors (Lipinski definition) is 5. The first kappa shape index (κ1) is 19.6. The summed E-state index contributed by atoms with van der Waals surface area (Å²) in [7, 11) is 0. The van der Waals surface area contributed by atoms with E-state index in [0.29, 0.717) is 12.8 Å². The highest BCUT2D eigenvalue weighted by atomic mass is 19.4. The third-order valence-corrected chi connectivity index (χ3v) is 7.07. The zero-order valence-corrected chi connectivity index (χ0v) is 15.9. The Bertz CT molecular complexity index is 613. The lowest BCUT2D eigenvalue weighted by Crippen LogP contribution is -2.76. The van der Waals surface area contributed by atoms with Crippen molar-refractivity contribution in [1.82, 2.24) is 0 Å². The Morgan fingerprint density at radius 2 is 1.85 bits per heavy atom. The second kappa shape index (κ2) is 6.16. The fourth-order valence-corrected chi connectivity index (χ4v) is 5.67. The van der Waals surface area contributed by atoms with Crippen LogP contribution in [-0.2, 0) is 24.0 Å². The second-order valence-corrected chi connectivity index (χ2v) is 8.58. The predicted octanol–water partition coefficient (Wildman–Crippen LogP) is 4.33. The Balaban J connectivity index is 1.83. The third-order valence-electron chi connectivity index (χ3n) is 7.07. The molecule has 8 atom stereocenters. The van der Waals surface area contributed by atoms with Gasteiger partial charge in [0.1, 0.15) is 0 Å². The van der Waals surface area contributed by atoms with Gasteiger partial charge in [0.15, 0.2) is 11.9 Å². The molecule has 5 nitrogen and oxygen atoms in total. The molecule has 4 heterocycles. The van der Waals surface area contributed by atoms with Crippen LogP contribution in [0.2, 0.25) is 0 Å². The van der Waals surface area contributed by atoms with Crippen molar-refractivity contribution >= 4 is 0 Å². The van der Waals surface area contributed by atoms with E-state index in [1.165, 1.54) is 13.0 Å². The van der Waals surface area contributed by atoms with E-state index in [4.69, 9.17) is 24.0 Å². The average Bonchev–Trinajstić information content (AvgIpc) is 2.82. The minimum absolute atomic E-state index is 0.00124. The fraction of sp³-hybridized carbons (Fsp3) is 0.895. The maximum absolute atomic E-state index is 14.3. The Labute approximate surface area is 157 Å². The molecule has 4 saturated heterocycles. The van der Waals surface area contributed by atoms with Gasteiger partial charge < -0.3 is 14.2 Å². The van der Waals surface area contributed by atoms with E-state index in [2.05, 4.69) is 13.5 Å². The lowest BCUT2D eigenvalue weighted by atomic mass is 9.57. The van der Waals surface area contributed by atoms with Crippen molar-refractivity contribution in [3.8, 4) is 0 Å². The highest BCUT2D eigenvalue weighted by molar-refractivity contribution is 5.12. The molecule has 1 saturated carbocycles. The van der Waals surface area contributed by atoms with Gasteiger partial charge in [-0.2, -0.15) is 13.2 Å². The van der Waals surface area contributed by atoms with E-state index in [1.807, 2.05) is 0 Å². The summed E-state index contributed by atoms with van der Waals surface area (Å²) >= 11 is 0. The third kappa shape index (κ3) is 2.56. The van der Waals surface area contributed by atoms with Gasteiger partial charge in [0.2, 0.25) is 5.79 Å². The van der Waals surface area contributed by atoms with Crippen LogP contribution in [-0.4, -0.2) is 36.2 Å². The van der Waals surface area contributed by atoms with Crippen molar-refractivity contribution in [2.75, 3.05) is 6.61 Å². The van der Waals surface area contributed by atoms with Crippen molar-refractivity contribution in [3.05, 3.63) is 12.7 Å². The van der Waals surface area contributed by atoms with Crippen molar-refractivity contribution < 1.29 is 37.2 Å². The van der Waals surface area contributed by atoms with Gasteiger partial charge in [-0.1, -0.05) is 19.9 Å². The van der Waals surface area contributed by atoms with Crippen molar-refractivity contribution in [1.29, 1.82) is 0 Å². The van der Waals surface area contributed by atoms with Crippen LogP contribution in [0.25, 0.3) is 0 Å².